The van der Waals surface area contributed by atoms with Crippen molar-refractivity contribution in [3.8, 4) is 0 Å². The monoisotopic (exact) mass is 214 g/mol. The number of rotatable bonds is 2. The van der Waals surface area contributed by atoms with E-state index in [-0.39, 0.29) is 0 Å². The van der Waals surface area contributed by atoms with Crippen molar-refractivity contribution in [3.63, 3.8) is 0 Å². The Kier molecular flexibility index (Phi) is 3.00. The third-order valence-electron chi connectivity index (χ3n) is 1.69. The van der Waals surface area contributed by atoms with E-state index in [9.17, 15) is 0 Å². The van der Waals surface area contributed by atoms with Gasteiger partial charge < -0.3 is 0 Å². The molecule has 1 atom stereocenters. The van der Waals surface area contributed by atoms with Gasteiger partial charge in [-0.15, -0.1) is 0 Å². The summed E-state index contributed by atoms with van der Waals surface area (Å²) in [5.41, 5.74) is 0. The van der Waals surface area contributed by atoms with Gasteiger partial charge in [-0.05, 0) is 22.4 Å². The lowest BCUT2D eigenvalue weighted by Crippen LogP contribution is -1.98. The Morgan fingerprint density at radius 1 is 1.45 bits per heavy atom. The Hall–Kier alpha value is -0.440. The van der Waals surface area contributed by atoms with E-state index < -0.39 is 0 Å². The summed E-state index contributed by atoms with van der Waals surface area (Å²) in [6.45, 7) is 4.26. The molecule has 3 heteroatoms. The van der Waals surface area contributed by atoms with Crippen LogP contribution in [0.5, 0.6) is 0 Å². The minimum Gasteiger partial charge on any atom is -0.240 e. The molecular formula is C8H11BrN2. The third kappa shape index (κ3) is 2.26. The Morgan fingerprint density at radius 3 is 2.45 bits per heavy atom. The minimum absolute atomic E-state index is 0.461. The van der Waals surface area contributed by atoms with Crippen LogP contribution in [0.1, 0.15) is 32.0 Å². The van der Waals surface area contributed by atoms with Crippen LogP contribution >= 0.6 is 15.9 Å². The molecule has 1 aromatic rings. The van der Waals surface area contributed by atoms with Crippen LogP contribution in [0.3, 0.4) is 0 Å². The zero-order chi connectivity index (χ0) is 8.27. The minimum atomic E-state index is 0.461. The molecule has 0 bridgehead atoms. The normalized spacial score (nSPS) is 13.0. The van der Waals surface area contributed by atoms with Crippen LogP contribution in [0.4, 0.5) is 0 Å². The number of hydrogen-bond donors (Lipinski definition) is 0. The van der Waals surface area contributed by atoms with Crippen LogP contribution in [-0.4, -0.2) is 9.97 Å². The highest BCUT2D eigenvalue weighted by atomic mass is 79.9. The van der Waals surface area contributed by atoms with E-state index in [0.717, 1.165) is 16.7 Å². The molecule has 0 amide bonds. The van der Waals surface area contributed by atoms with Gasteiger partial charge in [0, 0.05) is 18.3 Å². The van der Waals surface area contributed by atoms with Crippen LogP contribution in [0.25, 0.3) is 0 Å². The molecule has 60 valence electrons. The molecule has 0 saturated heterocycles. The summed E-state index contributed by atoms with van der Waals surface area (Å²) in [5, 5.41) is 0. The van der Waals surface area contributed by atoms with Crippen molar-refractivity contribution < 1.29 is 0 Å². The van der Waals surface area contributed by atoms with Crippen LogP contribution in [0.2, 0.25) is 0 Å². The Balaban J connectivity index is 2.81. The first-order valence-electron chi connectivity index (χ1n) is 3.71. The number of hydrogen-bond acceptors (Lipinski definition) is 2. The second-order valence-electron chi connectivity index (χ2n) is 2.57. The molecule has 0 spiro atoms. The first-order valence-corrected chi connectivity index (χ1v) is 4.50. The zero-order valence-corrected chi connectivity index (χ0v) is 8.30. The van der Waals surface area contributed by atoms with Crippen LogP contribution in [-0.2, 0) is 0 Å². The Labute approximate surface area is 75.2 Å². The van der Waals surface area contributed by atoms with Crippen LogP contribution in [0, 0.1) is 0 Å². The van der Waals surface area contributed by atoms with Crippen molar-refractivity contribution in [1.82, 2.24) is 9.97 Å². The van der Waals surface area contributed by atoms with Crippen LogP contribution < -0.4 is 0 Å². The van der Waals surface area contributed by atoms with Gasteiger partial charge in [-0.1, -0.05) is 13.8 Å². The molecular weight excluding hydrogens is 204 g/mol. The molecule has 11 heavy (non-hydrogen) atoms. The lowest BCUT2D eigenvalue weighted by molar-refractivity contribution is 0.677. The topological polar surface area (TPSA) is 25.8 Å². The number of halogens is 1. The van der Waals surface area contributed by atoms with E-state index in [0.29, 0.717) is 5.92 Å². The number of aromatic nitrogens is 2. The maximum absolute atomic E-state index is 4.19. The van der Waals surface area contributed by atoms with Gasteiger partial charge in [0.2, 0.25) is 0 Å². The molecule has 0 aliphatic rings. The largest absolute Gasteiger partial charge is 0.240 e. The average molecular weight is 215 g/mol. The van der Waals surface area contributed by atoms with Gasteiger partial charge in [0.15, 0.2) is 0 Å². The van der Waals surface area contributed by atoms with E-state index in [2.05, 4.69) is 39.7 Å². The molecule has 0 fully saturated rings. The maximum Gasteiger partial charge on any atom is 0.131 e. The fraction of sp³-hybridized carbons (Fsp3) is 0.500. The molecule has 0 saturated carbocycles. The lowest BCUT2D eigenvalue weighted by Gasteiger charge is -2.04. The van der Waals surface area contributed by atoms with E-state index in [4.69, 9.17) is 0 Å². The van der Waals surface area contributed by atoms with Crippen molar-refractivity contribution in [2.75, 3.05) is 0 Å². The summed E-state index contributed by atoms with van der Waals surface area (Å²) in [6.07, 6.45) is 4.66. The van der Waals surface area contributed by atoms with Gasteiger partial charge in [0.1, 0.15) is 5.82 Å². The standard InChI is InChI=1S/C8H11BrN2/c1-3-6(2)8-10-4-7(9)5-11-8/h4-6H,3H2,1-2H3. The molecule has 0 aliphatic heterocycles. The first-order chi connectivity index (χ1) is 5.24. The highest BCUT2D eigenvalue weighted by molar-refractivity contribution is 9.10. The fourth-order valence-corrected chi connectivity index (χ4v) is 0.964. The maximum atomic E-state index is 4.19. The Bertz CT molecular complexity index is 220. The summed E-state index contributed by atoms with van der Waals surface area (Å²) in [5.74, 6) is 1.39. The first kappa shape index (κ1) is 8.65. The van der Waals surface area contributed by atoms with Crippen molar-refractivity contribution in [3.05, 3.63) is 22.7 Å². The van der Waals surface area contributed by atoms with Crippen molar-refractivity contribution in [1.29, 1.82) is 0 Å². The van der Waals surface area contributed by atoms with E-state index in [1.54, 1.807) is 12.4 Å². The SMILES string of the molecule is CCC(C)c1ncc(Br)cn1. The predicted octanol–water partition coefficient (Wildman–Crippen LogP) is 2.75. The molecule has 1 rings (SSSR count). The highest BCUT2D eigenvalue weighted by Gasteiger charge is 2.04. The van der Waals surface area contributed by atoms with Crippen LogP contribution in [0.15, 0.2) is 16.9 Å². The van der Waals surface area contributed by atoms with Crippen molar-refractivity contribution in [2.45, 2.75) is 26.2 Å². The fourth-order valence-electron chi connectivity index (χ4n) is 0.759. The van der Waals surface area contributed by atoms with Crippen molar-refractivity contribution >= 4 is 15.9 Å². The van der Waals surface area contributed by atoms with Gasteiger partial charge in [-0.25, -0.2) is 9.97 Å². The quantitative estimate of drug-likeness (QED) is 0.757. The van der Waals surface area contributed by atoms with E-state index >= 15 is 0 Å². The van der Waals surface area contributed by atoms with Gasteiger partial charge in [0.25, 0.3) is 0 Å². The summed E-state index contributed by atoms with van der Waals surface area (Å²) in [6, 6.07) is 0. The molecule has 1 aromatic heterocycles. The number of nitrogens with zero attached hydrogens (tertiary/aromatic N) is 2. The summed E-state index contributed by atoms with van der Waals surface area (Å²) in [7, 11) is 0. The second kappa shape index (κ2) is 3.81. The predicted molar refractivity (Wildman–Crippen MR) is 48.4 cm³/mol. The summed E-state index contributed by atoms with van der Waals surface area (Å²) < 4.78 is 0.935. The smallest absolute Gasteiger partial charge is 0.131 e. The van der Waals surface area contributed by atoms with Crippen molar-refractivity contribution in [2.24, 2.45) is 0 Å². The van der Waals surface area contributed by atoms with Gasteiger partial charge in [0.05, 0.1) is 4.47 Å². The van der Waals surface area contributed by atoms with E-state index in [1.165, 1.54) is 0 Å². The molecule has 0 aromatic carbocycles. The Morgan fingerprint density at radius 2 is 2.00 bits per heavy atom. The lowest BCUT2D eigenvalue weighted by atomic mass is 10.1. The van der Waals surface area contributed by atoms with Gasteiger partial charge >= 0.3 is 0 Å². The molecule has 0 aliphatic carbocycles. The zero-order valence-electron chi connectivity index (χ0n) is 6.71. The molecule has 1 heterocycles. The second-order valence-corrected chi connectivity index (χ2v) is 3.48. The summed E-state index contributed by atoms with van der Waals surface area (Å²) in [4.78, 5) is 8.38. The summed E-state index contributed by atoms with van der Waals surface area (Å²) >= 11 is 3.29. The molecule has 0 radical (unpaired) electrons. The van der Waals surface area contributed by atoms with E-state index in [1.807, 2.05) is 0 Å². The van der Waals surface area contributed by atoms with Gasteiger partial charge in [-0.2, -0.15) is 0 Å². The third-order valence-corrected chi connectivity index (χ3v) is 2.10. The van der Waals surface area contributed by atoms with Gasteiger partial charge in [-0.3, -0.25) is 0 Å². The molecule has 1 unspecified atom stereocenters. The highest BCUT2D eigenvalue weighted by Crippen LogP contribution is 2.14. The average Bonchev–Trinajstić information content (AvgIpc) is 2.05. The molecule has 2 nitrogen and oxygen atoms in total. The molecule has 0 N–H and O–H groups in total.